The van der Waals surface area contributed by atoms with E-state index in [0.29, 0.717) is 22.6 Å². The van der Waals surface area contributed by atoms with E-state index < -0.39 is 5.82 Å². The number of anilines is 3. The third kappa shape index (κ3) is 4.15. The van der Waals surface area contributed by atoms with Gasteiger partial charge >= 0.3 is 0 Å². The fourth-order valence-electron chi connectivity index (χ4n) is 2.19. The van der Waals surface area contributed by atoms with E-state index in [9.17, 15) is 9.18 Å². The number of carbonyl (C=O) groups is 1. The summed E-state index contributed by atoms with van der Waals surface area (Å²) in [5.74, 6) is -0.458. The molecule has 1 amide bonds. The van der Waals surface area contributed by atoms with Gasteiger partial charge in [0, 0.05) is 23.1 Å². The second-order valence-corrected chi connectivity index (χ2v) is 5.73. The Bertz CT molecular complexity index is 999. The van der Waals surface area contributed by atoms with Crippen LogP contribution in [0.25, 0.3) is 0 Å². The highest BCUT2D eigenvalue weighted by Crippen LogP contribution is 2.21. The fourth-order valence-corrected chi connectivity index (χ4v) is 2.37. The molecule has 2 aromatic carbocycles. The number of rotatable bonds is 4. The third-order valence-electron chi connectivity index (χ3n) is 3.49. The van der Waals surface area contributed by atoms with Crippen molar-refractivity contribution >= 4 is 34.7 Å². The van der Waals surface area contributed by atoms with Crippen LogP contribution in [0.2, 0.25) is 5.02 Å². The Hall–Kier alpha value is -3.43. The summed E-state index contributed by atoms with van der Waals surface area (Å²) in [6.07, 6.45) is 1.50. The molecular formula is C19H12ClFN4O. The van der Waals surface area contributed by atoms with Gasteiger partial charge in [-0.25, -0.2) is 9.37 Å². The zero-order valence-electron chi connectivity index (χ0n) is 13.3. The first kappa shape index (κ1) is 17.4. The number of nitriles is 1. The summed E-state index contributed by atoms with van der Waals surface area (Å²) in [6, 6.07) is 16.0. The van der Waals surface area contributed by atoms with E-state index in [1.165, 1.54) is 24.4 Å². The molecule has 0 bridgehead atoms. The Morgan fingerprint density at radius 3 is 2.50 bits per heavy atom. The Morgan fingerprint density at radius 2 is 1.81 bits per heavy atom. The lowest BCUT2D eigenvalue weighted by Gasteiger charge is -2.09. The minimum absolute atomic E-state index is 0.0688. The van der Waals surface area contributed by atoms with Crippen LogP contribution in [0.1, 0.15) is 15.9 Å². The maximum atomic E-state index is 13.2. The van der Waals surface area contributed by atoms with Crippen molar-refractivity contribution in [1.29, 1.82) is 5.26 Å². The van der Waals surface area contributed by atoms with Gasteiger partial charge in [0.1, 0.15) is 11.6 Å². The molecule has 7 heteroatoms. The van der Waals surface area contributed by atoms with E-state index in [0.717, 1.165) is 5.69 Å². The molecule has 2 N–H and O–H groups in total. The quantitative estimate of drug-likeness (QED) is 0.699. The molecule has 0 radical (unpaired) electrons. The Labute approximate surface area is 154 Å². The summed E-state index contributed by atoms with van der Waals surface area (Å²) >= 11 is 5.71. The van der Waals surface area contributed by atoms with Crippen LogP contribution >= 0.6 is 11.6 Å². The van der Waals surface area contributed by atoms with Crippen molar-refractivity contribution in [3.63, 3.8) is 0 Å². The van der Waals surface area contributed by atoms with Crippen LogP contribution in [0.3, 0.4) is 0 Å². The molecule has 0 aliphatic heterocycles. The Balaban J connectivity index is 1.74. The van der Waals surface area contributed by atoms with Gasteiger partial charge in [-0.2, -0.15) is 5.26 Å². The molecule has 0 unspecified atom stereocenters. The Morgan fingerprint density at radius 1 is 1.08 bits per heavy atom. The highest BCUT2D eigenvalue weighted by atomic mass is 35.5. The van der Waals surface area contributed by atoms with Crippen molar-refractivity contribution in [3.05, 3.63) is 82.8 Å². The second kappa shape index (κ2) is 7.64. The fraction of sp³-hybridized carbons (Fsp3) is 0. The van der Waals surface area contributed by atoms with Gasteiger partial charge in [0.05, 0.1) is 16.7 Å². The average Bonchev–Trinajstić information content (AvgIpc) is 2.65. The molecule has 0 aliphatic rings. The van der Waals surface area contributed by atoms with Gasteiger partial charge in [-0.15, -0.1) is 0 Å². The highest BCUT2D eigenvalue weighted by molar-refractivity contribution is 6.31. The van der Waals surface area contributed by atoms with Gasteiger partial charge in [0.25, 0.3) is 5.91 Å². The number of nitrogens with one attached hydrogen (secondary N) is 2. The number of amides is 1. The van der Waals surface area contributed by atoms with Crippen LogP contribution in [-0.4, -0.2) is 10.9 Å². The molecule has 0 saturated heterocycles. The predicted octanol–water partition coefficient (Wildman–Crippen LogP) is 4.74. The molecule has 128 valence electrons. The number of hydrogen-bond donors (Lipinski definition) is 2. The summed E-state index contributed by atoms with van der Waals surface area (Å²) in [5, 5.41) is 14.5. The summed E-state index contributed by atoms with van der Waals surface area (Å²) in [4.78, 5) is 16.5. The number of nitrogens with zero attached hydrogens (tertiary/aromatic N) is 2. The van der Waals surface area contributed by atoms with Crippen LogP contribution in [-0.2, 0) is 0 Å². The van der Waals surface area contributed by atoms with Crippen molar-refractivity contribution in [2.24, 2.45) is 0 Å². The summed E-state index contributed by atoms with van der Waals surface area (Å²) in [5.41, 5.74) is 2.05. The summed E-state index contributed by atoms with van der Waals surface area (Å²) in [7, 11) is 0. The molecule has 1 heterocycles. The molecule has 3 rings (SSSR count). The average molecular weight is 367 g/mol. The molecule has 0 atom stereocenters. The molecule has 5 nitrogen and oxygen atoms in total. The maximum absolute atomic E-state index is 13.2. The molecule has 0 spiro atoms. The summed E-state index contributed by atoms with van der Waals surface area (Å²) < 4.78 is 13.2. The lowest BCUT2D eigenvalue weighted by molar-refractivity contribution is 0.102. The van der Waals surface area contributed by atoms with E-state index in [1.54, 1.807) is 36.4 Å². The number of benzene rings is 2. The van der Waals surface area contributed by atoms with Crippen molar-refractivity contribution in [2.45, 2.75) is 0 Å². The molecule has 1 aromatic heterocycles. The van der Waals surface area contributed by atoms with Crippen molar-refractivity contribution in [2.75, 3.05) is 10.6 Å². The number of aromatic nitrogens is 1. The SMILES string of the molecule is N#Cc1ccc(Nc2cc(C(=O)Nc3ccc(F)c(Cl)c3)ccn2)cc1. The van der Waals surface area contributed by atoms with Crippen molar-refractivity contribution in [3.8, 4) is 6.07 Å². The molecule has 0 aliphatic carbocycles. The predicted molar refractivity (Wildman–Crippen MR) is 98.0 cm³/mol. The lowest BCUT2D eigenvalue weighted by atomic mass is 10.2. The third-order valence-corrected chi connectivity index (χ3v) is 3.78. The van der Waals surface area contributed by atoms with Crippen LogP contribution in [0.15, 0.2) is 60.8 Å². The topological polar surface area (TPSA) is 77.8 Å². The highest BCUT2D eigenvalue weighted by Gasteiger charge is 2.09. The minimum atomic E-state index is -0.553. The van der Waals surface area contributed by atoms with Gasteiger partial charge in [-0.05, 0) is 54.6 Å². The van der Waals surface area contributed by atoms with Crippen LogP contribution in [0.5, 0.6) is 0 Å². The Kier molecular flexibility index (Phi) is 5.11. The number of pyridine rings is 1. The van der Waals surface area contributed by atoms with Gasteiger partial charge in [-0.3, -0.25) is 4.79 Å². The summed E-state index contributed by atoms with van der Waals surface area (Å²) in [6.45, 7) is 0. The second-order valence-electron chi connectivity index (χ2n) is 5.33. The van der Waals surface area contributed by atoms with Gasteiger partial charge in [0.2, 0.25) is 0 Å². The van der Waals surface area contributed by atoms with Gasteiger partial charge in [0.15, 0.2) is 0 Å². The molecule has 0 saturated carbocycles. The normalized spacial score (nSPS) is 10.0. The van der Waals surface area contributed by atoms with Gasteiger partial charge < -0.3 is 10.6 Å². The van der Waals surface area contributed by atoms with Crippen LogP contribution in [0.4, 0.5) is 21.6 Å². The maximum Gasteiger partial charge on any atom is 0.255 e. The van der Waals surface area contributed by atoms with E-state index in [4.69, 9.17) is 16.9 Å². The zero-order chi connectivity index (χ0) is 18.5. The van der Waals surface area contributed by atoms with E-state index in [1.807, 2.05) is 6.07 Å². The lowest BCUT2D eigenvalue weighted by Crippen LogP contribution is -2.12. The molecule has 0 fully saturated rings. The minimum Gasteiger partial charge on any atom is -0.340 e. The first-order valence-electron chi connectivity index (χ1n) is 7.55. The molecule has 26 heavy (non-hydrogen) atoms. The van der Waals surface area contributed by atoms with E-state index in [2.05, 4.69) is 15.6 Å². The van der Waals surface area contributed by atoms with E-state index in [-0.39, 0.29) is 10.9 Å². The monoisotopic (exact) mass is 366 g/mol. The molecular weight excluding hydrogens is 355 g/mol. The number of hydrogen-bond acceptors (Lipinski definition) is 4. The van der Waals surface area contributed by atoms with Crippen molar-refractivity contribution in [1.82, 2.24) is 4.98 Å². The van der Waals surface area contributed by atoms with E-state index >= 15 is 0 Å². The smallest absolute Gasteiger partial charge is 0.255 e. The molecule has 3 aromatic rings. The van der Waals surface area contributed by atoms with Crippen molar-refractivity contribution < 1.29 is 9.18 Å². The first-order valence-corrected chi connectivity index (χ1v) is 7.92. The standard InChI is InChI=1S/C19H12ClFN4O/c20-16-10-15(5-6-17(16)21)25-19(26)13-7-8-23-18(9-13)24-14-3-1-12(11-22)2-4-14/h1-10H,(H,23,24)(H,25,26). The number of carbonyl (C=O) groups excluding carboxylic acids is 1. The number of halogens is 2. The first-order chi connectivity index (χ1) is 12.5. The largest absolute Gasteiger partial charge is 0.340 e. The zero-order valence-corrected chi connectivity index (χ0v) is 14.1. The van der Waals surface area contributed by atoms with Crippen LogP contribution < -0.4 is 10.6 Å². The van der Waals surface area contributed by atoms with Gasteiger partial charge in [-0.1, -0.05) is 11.6 Å². The van der Waals surface area contributed by atoms with Crippen LogP contribution in [0, 0.1) is 17.1 Å².